The number of hydrogen-bond donors (Lipinski definition) is 2. The maximum absolute atomic E-state index is 11.5. The molecule has 0 bridgehead atoms. The number of amides is 1. The van der Waals surface area contributed by atoms with E-state index in [9.17, 15) is 4.79 Å². The van der Waals surface area contributed by atoms with E-state index in [1.807, 2.05) is 0 Å². The zero-order valence-corrected chi connectivity index (χ0v) is 11.0. The Labute approximate surface area is 105 Å². The van der Waals surface area contributed by atoms with Gasteiger partial charge in [0.1, 0.15) is 5.82 Å². The molecular weight excluding hydrogens is 236 g/mol. The summed E-state index contributed by atoms with van der Waals surface area (Å²) in [5.41, 5.74) is 0. The quantitative estimate of drug-likeness (QED) is 0.756. The molecule has 2 rings (SSSR count). The van der Waals surface area contributed by atoms with E-state index in [4.69, 9.17) is 0 Å². The van der Waals surface area contributed by atoms with E-state index in [0.29, 0.717) is 22.7 Å². The van der Waals surface area contributed by atoms with Crippen molar-refractivity contribution in [2.24, 2.45) is 5.92 Å². The van der Waals surface area contributed by atoms with Gasteiger partial charge >= 0.3 is 0 Å². The van der Waals surface area contributed by atoms with Crippen LogP contribution in [0.4, 0.5) is 0 Å². The van der Waals surface area contributed by atoms with Gasteiger partial charge < -0.3 is 5.32 Å². The van der Waals surface area contributed by atoms with Crippen LogP contribution in [0.3, 0.4) is 0 Å². The Kier molecular flexibility index (Phi) is 4.04. The minimum Gasteiger partial charge on any atom is -0.355 e. The van der Waals surface area contributed by atoms with E-state index in [2.05, 4.69) is 34.3 Å². The van der Waals surface area contributed by atoms with Gasteiger partial charge in [-0.1, -0.05) is 25.6 Å². The van der Waals surface area contributed by atoms with Crippen LogP contribution in [-0.2, 0) is 4.79 Å². The highest BCUT2D eigenvalue weighted by molar-refractivity contribution is 7.99. The van der Waals surface area contributed by atoms with Crippen molar-refractivity contribution < 1.29 is 4.79 Å². The van der Waals surface area contributed by atoms with Crippen molar-refractivity contribution in [3.8, 4) is 0 Å². The third-order valence-corrected chi connectivity index (χ3v) is 3.33. The Balaban J connectivity index is 1.71. The lowest BCUT2D eigenvalue weighted by molar-refractivity contribution is -0.118. The molecule has 0 aliphatic heterocycles. The Morgan fingerprint density at radius 1 is 1.59 bits per heavy atom. The number of aromatic amines is 1. The van der Waals surface area contributed by atoms with Crippen LogP contribution < -0.4 is 5.32 Å². The topological polar surface area (TPSA) is 70.7 Å². The van der Waals surface area contributed by atoms with Crippen LogP contribution in [0.5, 0.6) is 0 Å². The molecular formula is C11H18N4OS. The summed E-state index contributed by atoms with van der Waals surface area (Å²) in [5.74, 6) is 2.45. The first-order chi connectivity index (χ1) is 8.15. The van der Waals surface area contributed by atoms with Gasteiger partial charge in [-0.15, -0.1) is 5.10 Å². The van der Waals surface area contributed by atoms with Crippen molar-refractivity contribution >= 4 is 17.7 Å². The highest BCUT2D eigenvalue weighted by Crippen LogP contribution is 2.38. The summed E-state index contributed by atoms with van der Waals surface area (Å²) >= 11 is 1.38. The zero-order chi connectivity index (χ0) is 12.3. The molecule has 1 aliphatic rings. The molecule has 0 radical (unpaired) electrons. The second-order valence-electron chi connectivity index (χ2n) is 4.76. The van der Waals surface area contributed by atoms with Gasteiger partial charge in [-0.2, -0.15) is 0 Å². The molecule has 1 aromatic rings. The number of carbonyl (C=O) groups is 1. The lowest BCUT2D eigenvalue weighted by Gasteiger charge is -2.05. The van der Waals surface area contributed by atoms with Crippen molar-refractivity contribution in [2.75, 3.05) is 12.3 Å². The van der Waals surface area contributed by atoms with Crippen molar-refractivity contribution in [1.29, 1.82) is 0 Å². The van der Waals surface area contributed by atoms with Crippen LogP contribution in [0.25, 0.3) is 0 Å². The number of aromatic nitrogens is 3. The molecule has 1 saturated carbocycles. The van der Waals surface area contributed by atoms with Gasteiger partial charge in [0.15, 0.2) is 0 Å². The van der Waals surface area contributed by atoms with E-state index >= 15 is 0 Å². The highest BCUT2D eigenvalue weighted by atomic mass is 32.2. The minimum absolute atomic E-state index is 0.0430. The molecule has 0 aromatic carbocycles. The lowest BCUT2D eigenvalue weighted by Crippen LogP contribution is -2.28. The molecule has 0 spiro atoms. The Morgan fingerprint density at radius 3 is 3.00 bits per heavy atom. The third kappa shape index (κ3) is 4.03. The largest absolute Gasteiger partial charge is 0.355 e. The minimum atomic E-state index is 0.0430. The Hall–Kier alpha value is -1.04. The van der Waals surface area contributed by atoms with Gasteiger partial charge in [0.05, 0.1) is 5.75 Å². The average molecular weight is 254 g/mol. The van der Waals surface area contributed by atoms with Crippen LogP contribution in [0.1, 0.15) is 38.4 Å². The normalized spacial score (nSPS) is 15.2. The predicted molar refractivity (Wildman–Crippen MR) is 66.9 cm³/mol. The maximum atomic E-state index is 11.5. The number of nitrogens with zero attached hydrogens (tertiary/aromatic N) is 2. The number of H-pyrrole nitrogens is 1. The van der Waals surface area contributed by atoms with E-state index < -0.39 is 0 Å². The fourth-order valence-electron chi connectivity index (χ4n) is 1.36. The fraction of sp³-hybridized carbons (Fsp3) is 0.727. The number of thioether (sulfide) groups is 1. The van der Waals surface area contributed by atoms with Gasteiger partial charge in [0.2, 0.25) is 11.1 Å². The van der Waals surface area contributed by atoms with Crippen LogP contribution >= 0.6 is 11.8 Å². The number of hydrogen-bond acceptors (Lipinski definition) is 4. The first-order valence-electron chi connectivity index (χ1n) is 5.97. The molecule has 2 N–H and O–H groups in total. The summed E-state index contributed by atoms with van der Waals surface area (Å²) < 4.78 is 0. The molecule has 1 aliphatic carbocycles. The zero-order valence-electron chi connectivity index (χ0n) is 10.2. The molecule has 0 atom stereocenters. The average Bonchev–Trinajstić information content (AvgIpc) is 3.04. The van der Waals surface area contributed by atoms with Gasteiger partial charge in [0.25, 0.3) is 0 Å². The van der Waals surface area contributed by atoms with Crippen molar-refractivity contribution in [2.45, 2.75) is 37.8 Å². The van der Waals surface area contributed by atoms with Crippen molar-refractivity contribution in [3.63, 3.8) is 0 Å². The van der Waals surface area contributed by atoms with E-state index in [-0.39, 0.29) is 5.91 Å². The van der Waals surface area contributed by atoms with Crippen LogP contribution in [0.2, 0.25) is 0 Å². The Bertz CT molecular complexity index is 387. The molecule has 1 aromatic heterocycles. The summed E-state index contributed by atoms with van der Waals surface area (Å²) in [7, 11) is 0. The summed E-state index contributed by atoms with van der Waals surface area (Å²) in [5, 5.41) is 10.6. The second kappa shape index (κ2) is 5.53. The first kappa shape index (κ1) is 12.4. The Morgan fingerprint density at radius 2 is 2.35 bits per heavy atom. The summed E-state index contributed by atoms with van der Waals surface area (Å²) in [6.07, 6.45) is 2.41. The molecule has 6 heteroatoms. The lowest BCUT2D eigenvalue weighted by atomic mass is 10.2. The monoisotopic (exact) mass is 254 g/mol. The van der Waals surface area contributed by atoms with Crippen LogP contribution in [0, 0.1) is 5.92 Å². The van der Waals surface area contributed by atoms with Crippen LogP contribution in [-0.4, -0.2) is 33.4 Å². The number of carbonyl (C=O) groups excluding carboxylic acids is 1. The molecule has 0 unspecified atom stereocenters. The van der Waals surface area contributed by atoms with Crippen LogP contribution in [0.15, 0.2) is 5.16 Å². The standard InChI is InChI=1S/C11H18N4OS/c1-7(2)5-12-9(16)6-17-11-13-10(14-15-11)8-3-4-8/h7-8H,3-6H2,1-2H3,(H,12,16)(H,13,14,15). The van der Waals surface area contributed by atoms with E-state index in [0.717, 1.165) is 12.4 Å². The summed E-state index contributed by atoms with van der Waals surface area (Å²) in [6.45, 7) is 4.87. The number of rotatable bonds is 6. The molecule has 17 heavy (non-hydrogen) atoms. The van der Waals surface area contributed by atoms with Crippen molar-refractivity contribution in [1.82, 2.24) is 20.5 Å². The van der Waals surface area contributed by atoms with Gasteiger partial charge in [-0.25, -0.2) is 4.98 Å². The molecule has 94 valence electrons. The smallest absolute Gasteiger partial charge is 0.230 e. The van der Waals surface area contributed by atoms with Crippen molar-refractivity contribution in [3.05, 3.63) is 5.82 Å². The maximum Gasteiger partial charge on any atom is 0.230 e. The molecule has 1 heterocycles. The van der Waals surface area contributed by atoms with E-state index in [1.54, 1.807) is 0 Å². The number of nitrogens with one attached hydrogen (secondary N) is 2. The molecule has 0 saturated heterocycles. The molecule has 5 nitrogen and oxygen atoms in total. The van der Waals surface area contributed by atoms with Gasteiger partial charge in [-0.05, 0) is 18.8 Å². The molecule has 1 amide bonds. The highest BCUT2D eigenvalue weighted by Gasteiger charge is 2.27. The summed E-state index contributed by atoms with van der Waals surface area (Å²) in [4.78, 5) is 15.8. The second-order valence-corrected chi connectivity index (χ2v) is 5.71. The van der Waals surface area contributed by atoms with Gasteiger partial charge in [0, 0.05) is 12.5 Å². The third-order valence-electron chi connectivity index (χ3n) is 2.49. The SMILES string of the molecule is CC(C)CNC(=O)CSc1n[nH]c(C2CC2)n1. The van der Waals surface area contributed by atoms with Gasteiger partial charge in [-0.3, -0.25) is 9.89 Å². The van der Waals surface area contributed by atoms with E-state index in [1.165, 1.54) is 24.6 Å². The first-order valence-corrected chi connectivity index (χ1v) is 6.95. The summed E-state index contributed by atoms with van der Waals surface area (Å²) in [6, 6.07) is 0. The fourth-order valence-corrected chi connectivity index (χ4v) is 2.00. The predicted octanol–water partition coefficient (Wildman–Crippen LogP) is 1.55. The molecule has 1 fully saturated rings.